The van der Waals surface area contributed by atoms with E-state index in [1.165, 1.54) is 11.1 Å². The number of benzene rings is 4. The molecule has 0 spiro atoms. The average Bonchev–Trinajstić information content (AvgIpc) is 3.15. The van der Waals surface area contributed by atoms with E-state index in [1.807, 2.05) is 48.5 Å². The van der Waals surface area contributed by atoms with Crippen molar-refractivity contribution in [3.8, 4) is 22.6 Å². The Balaban J connectivity index is 1.31. The van der Waals surface area contributed by atoms with Crippen molar-refractivity contribution in [1.82, 2.24) is 0 Å². The smallest absolute Gasteiger partial charge is 0.231 e. The molecule has 0 amide bonds. The lowest BCUT2D eigenvalue weighted by molar-refractivity contribution is 0.101. The van der Waals surface area contributed by atoms with Gasteiger partial charge in [-0.2, -0.15) is 0 Å². The summed E-state index contributed by atoms with van der Waals surface area (Å²) in [4.78, 5) is 12.8. The number of fused-ring (bicyclic) bond motifs is 1. The molecule has 4 aromatic carbocycles. The molecule has 0 saturated heterocycles. The Kier molecular flexibility index (Phi) is 5.54. The largest absolute Gasteiger partial charge is 0.489 e. The minimum Gasteiger partial charge on any atom is -0.489 e. The molecule has 0 aromatic heterocycles. The third-order valence-electron chi connectivity index (χ3n) is 5.86. The number of carbonyl (C=O) groups excluding carboxylic acids is 1. The molecule has 0 bridgehead atoms. The Bertz CT molecular complexity index is 1350. The van der Waals surface area contributed by atoms with E-state index in [1.54, 1.807) is 18.2 Å². The van der Waals surface area contributed by atoms with Crippen LogP contribution in [0.4, 0.5) is 0 Å². The van der Waals surface area contributed by atoms with Gasteiger partial charge in [-0.15, -0.1) is 0 Å². The monoisotopic (exact) mass is 432 g/mol. The molecule has 0 aliphatic carbocycles. The predicted molar refractivity (Wildman–Crippen MR) is 132 cm³/mol. The topological polar surface area (TPSA) is 35.5 Å². The number of ether oxygens (including phenoxy) is 2. The molecule has 5 rings (SSSR count). The van der Waals surface area contributed by atoms with Crippen LogP contribution >= 0.6 is 0 Å². The van der Waals surface area contributed by atoms with E-state index in [0.717, 1.165) is 22.3 Å². The van der Waals surface area contributed by atoms with Gasteiger partial charge in [0.1, 0.15) is 18.1 Å². The van der Waals surface area contributed by atoms with Crippen molar-refractivity contribution >= 4 is 11.9 Å². The van der Waals surface area contributed by atoms with Gasteiger partial charge in [0.25, 0.3) is 0 Å². The number of allylic oxidation sites excluding steroid dienone is 1. The van der Waals surface area contributed by atoms with E-state index in [-0.39, 0.29) is 5.78 Å². The zero-order chi connectivity index (χ0) is 22.8. The SMILES string of the molecule is Cc1ccc(C)c(COc2ccc3c(c2)O/C(=C\c2ccc(-c4ccccc4)cc2)C3=O)c1. The highest BCUT2D eigenvalue weighted by Gasteiger charge is 2.27. The van der Waals surface area contributed by atoms with Gasteiger partial charge in [-0.25, -0.2) is 0 Å². The summed E-state index contributed by atoms with van der Waals surface area (Å²) in [6.07, 6.45) is 1.79. The Labute approximate surface area is 193 Å². The minimum atomic E-state index is -0.113. The molecule has 0 atom stereocenters. The summed E-state index contributed by atoms with van der Waals surface area (Å²) >= 11 is 0. The normalized spacial score (nSPS) is 13.6. The predicted octanol–water partition coefficient (Wildman–Crippen LogP) is 7.17. The Hall–Kier alpha value is -4.11. The zero-order valence-corrected chi connectivity index (χ0v) is 18.7. The number of carbonyl (C=O) groups is 1. The highest BCUT2D eigenvalue weighted by molar-refractivity contribution is 6.14. The second-order valence-corrected chi connectivity index (χ2v) is 8.30. The van der Waals surface area contributed by atoms with Crippen molar-refractivity contribution in [2.24, 2.45) is 0 Å². The van der Waals surface area contributed by atoms with Gasteiger partial charge in [-0.3, -0.25) is 4.79 Å². The van der Waals surface area contributed by atoms with Crippen molar-refractivity contribution in [1.29, 1.82) is 0 Å². The summed E-state index contributed by atoms with van der Waals surface area (Å²) in [5.74, 6) is 1.42. The summed E-state index contributed by atoms with van der Waals surface area (Å²) in [6.45, 7) is 4.61. The Morgan fingerprint density at radius 3 is 2.36 bits per heavy atom. The first-order chi connectivity index (χ1) is 16.1. The third kappa shape index (κ3) is 4.44. The van der Waals surface area contributed by atoms with E-state index in [2.05, 4.69) is 44.2 Å². The second kappa shape index (κ2) is 8.79. The molecule has 0 saturated carbocycles. The Morgan fingerprint density at radius 2 is 1.58 bits per heavy atom. The van der Waals surface area contributed by atoms with Crippen molar-refractivity contribution in [3.05, 3.63) is 125 Å². The molecule has 0 radical (unpaired) electrons. The van der Waals surface area contributed by atoms with Crippen LogP contribution in [0.3, 0.4) is 0 Å². The quantitative estimate of drug-likeness (QED) is 0.314. The summed E-state index contributed by atoms with van der Waals surface area (Å²) < 4.78 is 11.9. The van der Waals surface area contributed by atoms with Crippen molar-refractivity contribution in [2.75, 3.05) is 0 Å². The van der Waals surface area contributed by atoms with Gasteiger partial charge in [-0.05, 0) is 59.9 Å². The van der Waals surface area contributed by atoms with E-state index < -0.39 is 0 Å². The number of Topliss-reactive ketones (excluding diaryl/α,β-unsaturated/α-hetero) is 1. The fourth-order valence-electron chi connectivity index (χ4n) is 3.93. The van der Waals surface area contributed by atoms with Crippen LogP contribution < -0.4 is 9.47 Å². The molecule has 1 aliphatic heterocycles. The van der Waals surface area contributed by atoms with Crippen molar-refractivity contribution in [3.63, 3.8) is 0 Å². The molecule has 0 N–H and O–H groups in total. The van der Waals surface area contributed by atoms with Crippen LogP contribution in [0.25, 0.3) is 17.2 Å². The van der Waals surface area contributed by atoms with Gasteiger partial charge in [0.05, 0.1) is 5.56 Å². The highest BCUT2D eigenvalue weighted by atomic mass is 16.5. The molecular weight excluding hydrogens is 408 g/mol. The number of hydrogen-bond acceptors (Lipinski definition) is 3. The van der Waals surface area contributed by atoms with Gasteiger partial charge < -0.3 is 9.47 Å². The van der Waals surface area contributed by atoms with Crippen LogP contribution in [0.15, 0.2) is 96.8 Å². The van der Waals surface area contributed by atoms with Gasteiger partial charge in [0, 0.05) is 6.07 Å². The maximum atomic E-state index is 12.8. The molecule has 162 valence electrons. The second-order valence-electron chi connectivity index (χ2n) is 8.30. The number of aryl methyl sites for hydroxylation is 2. The molecule has 1 aliphatic rings. The standard InChI is InChI=1S/C30H24O3/c1-20-8-9-21(2)25(16-20)19-32-26-14-15-27-28(18-26)33-29(30(27)31)17-22-10-12-24(13-11-22)23-6-4-3-5-7-23/h3-18H,19H2,1-2H3/b29-17-. The van der Waals surface area contributed by atoms with Gasteiger partial charge in [0.15, 0.2) is 5.76 Å². The third-order valence-corrected chi connectivity index (χ3v) is 5.86. The van der Waals surface area contributed by atoms with Crippen LogP contribution in [0.1, 0.15) is 32.6 Å². The van der Waals surface area contributed by atoms with Gasteiger partial charge in [-0.1, -0.05) is 78.4 Å². The lowest BCUT2D eigenvalue weighted by atomic mass is 10.0. The molecule has 33 heavy (non-hydrogen) atoms. The van der Waals surface area contributed by atoms with Crippen molar-refractivity contribution in [2.45, 2.75) is 20.5 Å². The van der Waals surface area contributed by atoms with Crippen LogP contribution in [-0.2, 0) is 6.61 Å². The first-order valence-electron chi connectivity index (χ1n) is 11.0. The lowest BCUT2D eigenvalue weighted by Gasteiger charge is -2.10. The van der Waals surface area contributed by atoms with Crippen LogP contribution in [0.2, 0.25) is 0 Å². The van der Waals surface area contributed by atoms with Gasteiger partial charge in [0.2, 0.25) is 5.78 Å². The molecule has 1 heterocycles. The Morgan fingerprint density at radius 1 is 0.818 bits per heavy atom. The first-order valence-corrected chi connectivity index (χ1v) is 11.0. The fourth-order valence-corrected chi connectivity index (χ4v) is 3.93. The molecule has 0 fully saturated rings. The van der Waals surface area contributed by atoms with Crippen LogP contribution in [0.5, 0.6) is 11.5 Å². The highest BCUT2D eigenvalue weighted by Crippen LogP contribution is 2.35. The van der Waals surface area contributed by atoms with Crippen LogP contribution in [-0.4, -0.2) is 5.78 Å². The molecule has 0 unspecified atom stereocenters. The van der Waals surface area contributed by atoms with E-state index in [9.17, 15) is 4.79 Å². The summed E-state index contributed by atoms with van der Waals surface area (Å²) in [7, 11) is 0. The lowest BCUT2D eigenvalue weighted by Crippen LogP contribution is -1.99. The summed E-state index contributed by atoms with van der Waals surface area (Å²) in [6, 6.07) is 30.0. The maximum Gasteiger partial charge on any atom is 0.231 e. The van der Waals surface area contributed by atoms with Crippen molar-refractivity contribution < 1.29 is 14.3 Å². The number of hydrogen-bond donors (Lipinski definition) is 0. The van der Waals surface area contributed by atoms with Gasteiger partial charge >= 0.3 is 0 Å². The van der Waals surface area contributed by atoms with E-state index >= 15 is 0 Å². The molecule has 3 nitrogen and oxygen atoms in total. The maximum absolute atomic E-state index is 12.8. The number of ketones is 1. The minimum absolute atomic E-state index is 0.113. The first kappa shape index (κ1) is 20.8. The summed E-state index contributed by atoms with van der Waals surface area (Å²) in [5.41, 5.74) is 7.30. The number of rotatable bonds is 5. The molecule has 3 heteroatoms. The zero-order valence-electron chi connectivity index (χ0n) is 18.7. The van der Waals surface area contributed by atoms with Crippen LogP contribution in [0, 0.1) is 13.8 Å². The molecule has 4 aromatic rings. The van der Waals surface area contributed by atoms with E-state index in [0.29, 0.717) is 29.4 Å². The fraction of sp³-hybridized carbons (Fsp3) is 0.100. The summed E-state index contributed by atoms with van der Waals surface area (Å²) in [5, 5.41) is 0. The molecular formula is C30H24O3. The average molecular weight is 433 g/mol. The van der Waals surface area contributed by atoms with E-state index in [4.69, 9.17) is 9.47 Å².